The molecule has 35 heavy (non-hydrogen) atoms. The maximum atomic E-state index is 12.8. The van der Waals surface area contributed by atoms with Gasteiger partial charge >= 0.3 is 6.03 Å². The molecule has 0 bridgehead atoms. The third kappa shape index (κ3) is 5.84. The van der Waals surface area contributed by atoms with E-state index in [1.54, 1.807) is 0 Å². The number of benzene rings is 2. The third-order valence-electron chi connectivity index (χ3n) is 6.72. The van der Waals surface area contributed by atoms with E-state index < -0.39 is 0 Å². The second kappa shape index (κ2) is 10.1. The Hall–Kier alpha value is -3.35. The summed E-state index contributed by atoms with van der Waals surface area (Å²) in [4.78, 5) is 24.4. The lowest BCUT2D eigenvalue weighted by molar-refractivity contribution is 0.243. The predicted octanol–water partition coefficient (Wildman–Crippen LogP) is 5.85. The van der Waals surface area contributed by atoms with E-state index in [1.165, 1.54) is 0 Å². The minimum atomic E-state index is -0.130. The molecule has 0 spiro atoms. The van der Waals surface area contributed by atoms with Crippen LogP contribution in [0.15, 0.2) is 42.5 Å². The van der Waals surface area contributed by atoms with Gasteiger partial charge in [0.25, 0.3) is 0 Å². The summed E-state index contributed by atoms with van der Waals surface area (Å²) in [5.41, 5.74) is 4.03. The Balaban J connectivity index is 1.35. The van der Waals surface area contributed by atoms with Gasteiger partial charge in [0.2, 0.25) is 5.95 Å². The van der Waals surface area contributed by atoms with Crippen molar-refractivity contribution in [3.05, 3.63) is 53.6 Å². The summed E-state index contributed by atoms with van der Waals surface area (Å²) in [5, 5.41) is 10.9. The Morgan fingerprint density at radius 2 is 1.63 bits per heavy atom. The molecule has 3 aromatic rings. The molecular formula is C28H38N6O. The van der Waals surface area contributed by atoms with Gasteiger partial charge in [-0.2, -0.15) is 4.98 Å². The number of anilines is 3. The number of nitrogens with zero attached hydrogens (tertiary/aromatic N) is 3. The number of rotatable bonds is 5. The summed E-state index contributed by atoms with van der Waals surface area (Å²) in [5.74, 6) is 1.58. The van der Waals surface area contributed by atoms with E-state index in [1.807, 2.05) is 56.3 Å². The molecule has 0 atom stereocenters. The molecule has 1 aromatic heterocycles. The molecule has 7 nitrogen and oxygen atoms in total. The highest BCUT2D eigenvalue weighted by atomic mass is 16.2. The normalized spacial score (nSPS) is 18.2. The Morgan fingerprint density at radius 1 is 0.943 bits per heavy atom. The number of fused-ring (bicyclic) bond motifs is 1. The van der Waals surface area contributed by atoms with Gasteiger partial charge in [-0.1, -0.05) is 51.1 Å². The fourth-order valence-corrected chi connectivity index (χ4v) is 4.82. The molecule has 0 unspecified atom stereocenters. The lowest BCUT2D eigenvalue weighted by Gasteiger charge is -2.30. The molecule has 2 amide bonds. The minimum absolute atomic E-state index is 0.0460. The van der Waals surface area contributed by atoms with Crippen molar-refractivity contribution in [3.63, 3.8) is 0 Å². The number of carbonyl (C=O) groups is 1. The van der Waals surface area contributed by atoms with Gasteiger partial charge in [-0.15, -0.1) is 0 Å². The molecular weight excluding hydrogens is 436 g/mol. The summed E-state index contributed by atoms with van der Waals surface area (Å²) < 4.78 is 0. The number of aryl methyl sites for hydroxylation is 1. The molecule has 1 heterocycles. The van der Waals surface area contributed by atoms with Gasteiger partial charge in [0.15, 0.2) is 0 Å². The Kier molecular flexibility index (Phi) is 7.15. The molecule has 0 aliphatic heterocycles. The number of aromatic nitrogens is 2. The summed E-state index contributed by atoms with van der Waals surface area (Å²) in [6.07, 6.45) is 3.74. The first-order valence-electron chi connectivity index (χ1n) is 12.5. The zero-order valence-electron chi connectivity index (χ0n) is 21.8. The molecule has 7 heteroatoms. The molecule has 1 aliphatic rings. The maximum absolute atomic E-state index is 12.8. The highest BCUT2D eigenvalue weighted by Gasteiger charge is 2.25. The van der Waals surface area contributed by atoms with Crippen molar-refractivity contribution < 1.29 is 4.79 Å². The average molecular weight is 475 g/mol. The maximum Gasteiger partial charge on any atom is 0.319 e. The van der Waals surface area contributed by atoms with Crippen LogP contribution in [0.1, 0.15) is 57.6 Å². The zero-order chi connectivity index (χ0) is 25.2. The van der Waals surface area contributed by atoms with Crippen LogP contribution in [-0.4, -0.2) is 42.2 Å². The molecule has 0 saturated heterocycles. The molecule has 4 rings (SSSR count). The van der Waals surface area contributed by atoms with E-state index in [0.717, 1.165) is 59.2 Å². The minimum Gasteiger partial charge on any atom is -0.362 e. The molecule has 1 aliphatic carbocycles. The number of nitrogens with one attached hydrogen (secondary N) is 3. The molecule has 1 saturated carbocycles. The fourth-order valence-electron chi connectivity index (χ4n) is 4.82. The van der Waals surface area contributed by atoms with Crippen molar-refractivity contribution in [1.29, 1.82) is 0 Å². The average Bonchev–Trinajstić information content (AvgIpc) is 2.80. The van der Waals surface area contributed by atoms with E-state index in [-0.39, 0.29) is 23.5 Å². The molecule has 0 radical (unpaired) electrons. The summed E-state index contributed by atoms with van der Waals surface area (Å²) >= 11 is 0. The smallest absolute Gasteiger partial charge is 0.319 e. The van der Waals surface area contributed by atoms with E-state index in [2.05, 4.69) is 48.9 Å². The van der Waals surface area contributed by atoms with Crippen LogP contribution < -0.4 is 20.9 Å². The van der Waals surface area contributed by atoms with Crippen LogP contribution in [0.5, 0.6) is 0 Å². The number of carbonyl (C=O) groups excluding carboxylic acids is 1. The van der Waals surface area contributed by atoms with Crippen LogP contribution >= 0.6 is 0 Å². The first-order valence-corrected chi connectivity index (χ1v) is 12.5. The Bertz CT molecular complexity index is 1190. The van der Waals surface area contributed by atoms with Crippen LogP contribution in [0.4, 0.5) is 22.2 Å². The monoisotopic (exact) mass is 474 g/mol. The van der Waals surface area contributed by atoms with Gasteiger partial charge in [0.05, 0.1) is 5.52 Å². The van der Waals surface area contributed by atoms with Crippen molar-refractivity contribution in [2.45, 2.75) is 70.9 Å². The second-order valence-electron chi connectivity index (χ2n) is 10.8. The zero-order valence-corrected chi connectivity index (χ0v) is 21.8. The first kappa shape index (κ1) is 24.8. The molecule has 1 fully saturated rings. The number of amides is 2. The van der Waals surface area contributed by atoms with Crippen molar-refractivity contribution in [3.8, 4) is 0 Å². The van der Waals surface area contributed by atoms with E-state index >= 15 is 0 Å². The highest BCUT2D eigenvalue weighted by molar-refractivity contribution is 5.92. The lowest BCUT2D eigenvalue weighted by Crippen LogP contribution is -2.42. The van der Waals surface area contributed by atoms with E-state index in [4.69, 9.17) is 9.97 Å². The number of urea groups is 1. The largest absolute Gasteiger partial charge is 0.362 e. The van der Waals surface area contributed by atoms with Crippen LogP contribution in [-0.2, 0) is 5.41 Å². The summed E-state index contributed by atoms with van der Waals surface area (Å²) in [6, 6.07) is 14.6. The summed E-state index contributed by atoms with van der Waals surface area (Å²) in [6.45, 7) is 8.54. The van der Waals surface area contributed by atoms with Gasteiger partial charge in [0, 0.05) is 37.3 Å². The number of para-hydroxylation sites is 2. The van der Waals surface area contributed by atoms with Gasteiger partial charge < -0.3 is 20.9 Å². The fraction of sp³-hybridized carbons (Fsp3) is 0.464. The predicted molar refractivity (Wildman–Crippen MR) is 146 cm³/mol. The molecule has 2 aromatic carbocycles. The van der Waals surface area contributed by atoms with Crippen molar-refractivity contribution in [2.24, 2.45) is 0 Å². The molecule has 3 N–H and O–H groups in total. The van der Waals surface area contributed by atoms with Gasteiger partial charge in [-0.25, -0.2) is 9.78 Å². The van der Waals surface area contributed by atoms with Crippen molar-refractivity contribution >= 4 is 34.4 Å². The van der Waals surface area contributed by atoms with Gasteiger partial charge in [-0.3, -0.25) is 0 Å². The SMILES string of the molecule is Cc1cccc(C(C)(C)C)c1NC(=O)N[C@H]1CC[C@@H](Nc2nc(N(C)C)c3ccccc3n2)CC1. The highest BCUT2D eigenvalue weighted by Crippen LogP contribution is 2.32. The van der Waals surface area contributed by atoms with Crippen LogP contribution in [0.2, 0.25) is 0 Å². The Morgan fingerprint density at radius 3 is 2.31 bits per heavy atom. The number of hydrogen-bond acceptors (Lipinski definition) is 5. The standard InChI is InChI=1S/C28H38N6O/c1-18-10-9-12-22(28(2,3)4)24(18)32-27(35)30-20-16-14-19(15-17-20)29-26-31-23-13-8-7-11-21(23)25(33-26)34(5)6/h7-13,19-20H,14-17H2,1-6H3,(H,29,31,33)(H2,30,32,35)/t19-,20+. The van der Waals surface area contributed by atoms with Gasteiger partial charge in [-0.05, 0) is 61.3 Å². The first-order chi connectivity index (χ1) is 16.6. The molecule has 186 valence electrons. The van der Waals surface area contributed by atoms with Crippen LogP contribution in [0.3, 0.4) is 0 Å². The van der Waals surface area contributed by atoms with Crippen molar-refractivity contribution in [1.82, 2.24) is 15.3 Å². The second-order valence-corrected chi connectivity index (χ2v) is 10.8. The quantitative estimate of drug-likeness (QED) is 0.432. The third-order valence-corrected chi connectivity index (χ3v) is 6.72. The summed E-state index contributed by atoms with van der Waals surface area (Å²) in [7, 11) is 4.00. The van der Waals surface area contributed by atoms with E-state index in [9.17, 15) is 4.79 Å². The van der Waals surface area contributed by atoms with Crippen molar-refractivity contribution in [2.75, 3.05) is 29.6 Å². The lowest BCUT2D eigenvalue weighted by atomic mass is 9.84. The Labute approximate surface area is 208 Å². The topological polar surface area (TPSA) is 82.2 Å². The van der Waals surface area contributed by atoms with Crippen LogP contribution in [0.25, 0.3) is 10.9 Å². The van der Waals surface area contributed by atoms with Crippen LogP contribution in [0, 0.1) is 6.92 Å². The van der Waals surface area contributed by atoms with E-state index in [0.29, 0.717) is 5.95 Å². The van der Waals surface area contributed by atoms with Gasteiger partial charge in [0.1, 0.15) is 5.82 Å². The number of hydrogen-bond donors (Lipinski definition) is 3.